The number of esters is 2. The number of quaternary nitrogens is 1. The topological polar surface area (TPSA) is 143 Å². The minimum atomic E-state index is -2.26. The molecule has 2 aromatic carbocycles. The minimum absolute atomic E-state index is 0.111. The van der Waals surface area contributed by atoms with Gasteiger partial charge in [0, 0.05) is 90.8 Å². The molecule has 7 aliphatic heterocycles. The molecule has 0 radical (unpaired) electrons. The van der Waals surface area contributed by atoms with Crippen molar-refractivity contribution in [3.63, 3.8) is 0 Å². The molecular formula is C46H57N4O9+. The molecule has 3 aromatic rings. The molecule has 5 fully saturated rings. The lowest BCUT2D eigenvalue weighted by molar-refractivity contribution is -1.02. The summed E-state index contributed by atoms with van der Waals surface area (Å²) in [5.74, 6) is -2.14. The van der Waals surface area contributed by atoms with Crippen LogP contribution in [0.1, 0.15) is 68.8 Å². The number of H-pyrrole nitrogens is 1. The molecular weight excluding hydrogens is 753 g/mol. The normalized spacial score (nSPS) is 43.2. The second-order valence-electron chi connectivity index (χ2n) is 19.0. The Labute approximate surface area is 344 Å². The zero-order valence-electron chi connectivity index (χ0n) is 35.2. The third kappa shape index (κ3) is 3.92. The summed E-state index contributed by atoms with van der Waals surface area (Å²) in [7, 11) is 6.67. The van der Waals surface area contributed by atoms with Crippen molar-refractivity contribution >= 4 is 28.5 Å². The smallest absolute Gasteiger partial charge is 0.344 e. The second-order valence-corrected chi connectivity index (χ2v) is 19.0. The molecule has 8 heterocycles. The van der Waals surface area contributed by atoms with E-state index in [0.717, 1.165) is 52.9 Å². The molecule has 8 aliphatic rings. The number of anilines is 1. The third-order valence-electron chi connectivity index (χ3n) is 17.3. The summed E-state index contributed by atoms with van der Waals surface area (Å²) >= 11 is 0. The molecule has 1 aromatic heterocycles. The van der Waals surface area contributed by atoms with Crippen molar-refractivity contribution in [2.45, 2.75) is 105 Å². The molecule has 2 unspecified atom stereocenters. The van der Waals surface area contributed by atoms with Gasteiger partial charge in [0.2, 0.25) is 5.60 Å². The van der Waals surface area contributed by atoms with Gasteiger partial charge in [0.25, 0.3) is 0 Å². The fraction of sp³-hybridized carbons (Fsp3) is 0.609. The first kappa shape index (κ1) is 38.0. The zero-order valence-corrected chi connectivity index (χ0v) is 35.2. The van der Waals surface area contributed by atoms with Gasteiger partial charge in [-0.25, -0.2) is 4.79 Å². The number of fused-ring (bicyclic) bond motifs is 7. The Balaban J connectivity index is 1.25. The molecule has 314 valence electrons. The summed E-state index contributed by atoms with van der Waals surface area (Å²) in [4.78, 5) is 36.0. The molecule has 0 amide bonds. The van der Waals surface area contributed by atoms with E-state index in [-0.39, 0.29) is 12.0 Å². The number of hydrogen-bond acceptors (Lipinski definition) is 11. The summed E-state index contributed by atoms with van der Waals surface area (Å²) in [6.45, 7) is 9.04. The highest BCUT2D eigenvalue weighted by molar-refractivity contribution is 5.88. The van der Waals surface area contributed by atoms with Crippen molar-refractivity contribution in [3.8, 4) is 5.75 Å². The van der Waals surface area contributed by atoms with Crippen LogP contribution in [0.25, 0.3) is 10.9 Å². The van der Waals surface area contributed by atoms with Gasteiger partial charge in [0.15, 0.2) is 17.1 Å². The van der Waals surface area contributed by atoms with Crippen LogP contribution in [-0.4, -0.2) is 139 Å². The second kappa shape index (κ2) is 11.9. The molecule has 11 rings (SSSR count). The number of piperidine rings is 2. The molecule has 59 heavy (non-hydrogen) atoms. The van der Waals surface area contributed by atoms with Crippen LogP contribution in [0.2, 0.25) is 0 Å². The molecule has 13 nitrogen and oxygen atoms in total. The van der Waals surface area contributed by atoms with E-state index in [1.807, 2.05) is 11.9 Å². The van der Waals surface area contributed by atoms with Gasteiger partial charge >= 0.3 is 17.8 Å². The Kier molecular flexibility index (Phi) is 7.65. The SMILES string of the molecule is CC[C@@]12C[N@@+]34CCc5c([nH]c6ccccc56)C(c5cc6c(cc5OC)N(C)[C@H]5[C@@](O)(C(=O)OC)[C@H](OC(C)=O)[C@]7(CC)C=CCN8CC[C@]65[C@@H]87)(C[C@@H](C3)[C@@H]1O)C4(OC)O2. The molecule has 2 spiro atoms. The lowest BCUT2D eigenvalue weighted by atomic mass is 9.47. The van der Waals surface area contributed by atoms with Crippen LogP contribution in [0.5, 0.6) is 5.75 Å². The number of methoxy groups -OCH3 is 3. The number of para-hydroxylation sites is 1. The van der Waals surface area contributed by atoms with Crippen LogP contribution in [0.4, 0.5) is 5.69 Å². The highest BCUT2D eigenvalue weighted by Crippen LogP contribution is 2.72. The number of ether oxygens (including phenoxy) is 5. The summed E-state index contributed by atoms with van der Waals surface area (Å²) in [5.41, 5.74) is 0.154. The number of aliphatic hydroxyl groups excluding tert-OH is 1. The minimum Gasteiger partial charge on any atom is -0.496 e. The van der Waals surface area contributed by atoms with Crippen molar-refractivity contribution < 1.29 is 48.0 Å². The van der Waals surface area contributed by atoms with Gasteiger partial charge < -0.3 is 39.0 Å². The van der Waals surface area contributed by atoms with Crippen molar-refractivity contribution in [1.82, 2.24) is 9.88 Å². The van der Waals surface area contributed by atoms with Crippen molar-refractivity contribution in [2.24, 2.45) is 11.3 Å². The highest BCUT2D eigenvalue weighted by Gasteiger charge is 2.86. The maximum absolute atomic E-state index is 14.5. The van der Waals surface area contributed by atoms with E-state index in [0.29, 0.717) is 55.6 Å². The Bertz CT molecular complexity index is 2370. The van der Waals surface area contributed by atoms with Crippen LogP contribution in [0.3, 0.4) is 0 Å². The average molecular weight is 810 g/mol. The first-order chi connectivity index (χ1) is 28.3. The Morgan fingerprint density at radius 1 is 1.08 bits per heavy atom. The predicted octanol–water partition coefficient (Wildman–Crippen LogP) is 3.66. The summed E-state index contributed by atoms with van der Waals surface area (Å²) in [6.07, 6.45) is 5.38. The Hall–Kier alpha value is -3.98. The van der Waals surface area contributed by atoms with Crippen molar-refractivity contribution in [1.29, 1.82) is 0 Å². The summed E-state index contributed by atoms with van der Waals surface area (Å²) in [6, 6.07) is 11.7. The third-order valence-corrected chi connectivity index (χ3v) is 17.3. The molecule has 3 N–H and O–H groups in total. The van der Waals surface area contributed by atoms with Crippen LogP contribution < -0.4 is 9.64 Å². The quantitative estimate of drug-likeness (QED) is 0.183. The summed E-state index contributed by atoms with van der Waals surface area (Å²) in [5, 5.41) is 27.0. The predicted molar refractivity (Wildman–Crippen MR) is 217 cm³/mol. The first-order valence-electron chi connectivity index (χ1n) is 21.5. The standard InChI is InChI=1S/C46H57N4O9/c1-8-41-16-12-18-49-19-17-43(37(41)49)30-21-31(34(55-5)22-33(30)48(4)38(43)45(54,40(53)56-6)39(41)58-26(3)51)44-23-27-24-50(25-42(9-2,36(27)52)59-46(44,50)57-7)20-15-29-28-13-10-11-14-32(28)47-35(29)44/h10-14,16,21-22,27,36-39,47,52,54H,8-9,15,17-20,23-25H2,1-7H3/q+1/t27-,36-,37-,38+,39+,41+,42+,43+,44?,45-,46?,50+/m0/s1. The number of hydrogen-bond donors (Lipinski definition) is 3. The largest absolute Gasteiger partial charge is 0.496 e. The first-order valence-corrected chi connectivity index (χ1v) is 21.5. The maximum atomic E-state index is 14.5. The van der Waals surface area contributed by atoms with Crippen LogP contribution in [0, 0.1) is 11.3 Å². The highest BCUT2D eigenvalue weighted by atomic mass is 16.8. The molecule has 1 saturated carbocycles. The lowest BCUT2D eigenvalue weighted by Crippen LogP contribution is -2.81. The monoisotopic (exact) mass is 809 g/mol. The number of carbonyl (C=O) groups excluding carboxylic acids is 2. The van der Waals surface area contributed by atoms with Gasteiger partial charge in [0.1, 0.15) is 12.3 Å². The van der Waals surface area contributed by atoms with E-state index in [1.165, 1.54) is 19.6 Å². The Morgan fingerprint density at radius 2 is 1.88 bits per heavy atom. The van der Waals surface area contributed by atoms with Crippen molar-refractivity contribution in [2.75, 3.05) is 66.0 Å². The number of rotatable bonds is 7. The number of aromatic amines is 1. The maximum Gasteiger partial charge on any atom is 0.344 e. The number of aromatic nitrogens is 1. The van der Waals surface area contributed by atoms with E-state index in [9.17, 15) is 19.8 Å². The zero-order chi connectivity index (χ0) is 41.3. The number of benzene rings is 2. The summed E-state index contributed by atoms with van der Waals surface area (Å²) < 4.78 is 33.5. The lowest BCUT2D eigenvalue weighted by Gasteiger charge is -2.63. The van der Waals surface area contributed by atoms with E-state index in [1.54, 1.807) is 14.2 Å². The van der Waals surface area contributed by atoms with Gasteiger partial charge in [-0.2, -0.15) is 0 Å². The van der Waals surface area contributed by atoms with E-state index < -0.39 is 63.5 Å². The van der Waals surface area contributed by atoms with Gasteiger partial charge in [-0.1, -0.05) is 44.2 Å². The van der Waals surface area contributed by atoms with Crippen LogP contribution >= 0.6 is 0 Å². The molecule has 13 heteroatoms. The Morgan fingerprint density at radius 3 is 2.59 bits per heavy atom. The van der Waals surface area contributed by atoms with Crippen LogP contribution in [0.15, 0.2) is 48.6 Å². The van der Waals surface area contributed by atoms with Gasteiger partial charge in [0.05, 0.1) is 39.5 Å². The van der Waals surface area contributed by atoms with E-state index in [2.05, 4.69) is 72.3 Å². The average Bonchev–Trinajstić information content (AvgIpc) is 3.95. The van der Waals surface area contributed by atoms with E-state index in [4.69, 9.17) is 23.7 Å². The number of carbonyl (C=O) groups is 2. The molecule has 4 bridgehead atoms. The van der Waals surface area contributed by atoms with Gasteiger partial charge in [-0.05, 0) is 55.5 Å². The number of aliphatic hydroxyl groups is 2. The number of likely N-dealkylation sites (N-methyl/N-ethyl adjacent to an activating group) is 1. The fourth-order valence-corrected chi connectivity index (χ4v) is 15.6. The fourth-order valence-electron chi connectivity index (χ4n) is 15.6. The molecule has 12 atom stereocenters. The van der Waals surface area contributed by atoms with Crippen molar-refractivity contribution in [3.05, 3.63) is 70.9 Å². The molecule has 1 aliphatic carbocycles. The van der Waals surface area contributed by atoms with Gasteiger partial charge in [-0.3, -0.25) is 18.9 Å². The van der Waals surface area contributed by atoms with E-state index >= 15 is 0 Å². The molecule has 4 saturated heterocycles. The van der Waals surface area contributed by atoms with Gasteiger partial charge in [-0.15, -0.1) is 0 Å². The number of nitrogens with zero attached hydrogens (tertiary/aromatic N) is 3. The van der Waals surface area contributed by atoms with Crippen LogP contribution in [-0.2, 0) is 45.8 Å². The number of nitrogens with one attached hydrogen (secondary N) is 1.